The third-order valence-corrected chi connectivity index (χ3v) is 4.56. The van der Waals surface area contributed by atoms with Crippen molar-refractivity contribution in [1.82, 2.24) is 0 Å². The van der Waals surface area contributed by atoms with Gasteiger partial charge in [0.05, 0.1) is 13.2 Å². The van der Waals surface area contributed by atoms with E-state index < -0.39 is 23.1 Å². The molecule has 0 saturated carbocycles. The van der Waals surface area contributed by atoms with E-state index in [0.29, 0.717) is 24.3 Å². The third kappa shape index (κ3) is 5.16. The molecular formula is C16H23ClO4S. The summed E-state index contributed by atoms with van der Waals surface area (Å²) in [5.41, 5.74) is 0.826. The molecule has 0 aromatic heterocycles. The van der Waals surface area contributed by atoms with Gasteiger partial charge in [-0.05, 0) is 24.5 Å². The molecule has 0 aliphatic rings. The second-order valence-electron chi connectivity index (χ2n) is 5.07. The number of esters is 1. The van der Waals surface area contributed by atoms with Gasteiger partial charge >= 0.3 is 5.97 Å². The van der Waals surface area contributed by atoms with Crippen molar-refractivity contribution in [3.8, 4) is 0 Å². The van der Waals surface area contributed by atoms with E-state index in [1.165, 1.54) is 7.11 Å². The second kappa shape index (κ2) is 8.77. The highest BCUT2D eigenvalue weighted by Crippen LogP contribution is 2.26. The number of hydrogen-bond donors (Lipinski definition) is 2. The largest absolute Gasteiger partial charge is 0.468 e. The Hall–Kier alpha value is -0.750. The summed E-state index contributed by atoms with van der Waals surface area (Å²) in [6.07, 6.45) is 0.514. The van der Waals surface area contributed by atoms with E-state index in [1.807, 2.05) is 32.0 Å². The topological polar surface area (TPSA) is 55.8 Å². The number of hydrogen-bond acceptors (Lipinski definition) is 5. The summed E-state index contributed by atoms with van der Waals surface area (Å²) in [5.74, 6) is -1.81. The molecule has 0 saturated heterocycles. The first-order valence-corrected chi connectivity index (χ1v) is 8.15. The second-order valence-corrected chi connectivity index (χ2v) is 6.04. The zero-order chi connectivity index (χ0) is 16.8. The van der Waals surface area contributed by atoms with Crippen LogP contribution in [0.5, 0.6) is 0 Å². The predicted molar refractivity (Wildman–Crippen MR) is 90.4 cm³/mol. The number of ether oxygens (including phenoxy) is 2. The number of rotatable bonds is 8. The molecule has 0 aliphatic heterocycles. The van der Waals surface area contributed by atoms with Gasteiger partial charge in [0.25, 0.3) is 0 Å². The van der Waals surface area contributed by atoms with Crippen LogP contribution in [-0.2, 0) is 20.7 Å². The van der Waals surface area contributed by atoms with E-state index in [9.17, 15) is 9.90 Å². The smallest absolute Gasteiger partial charge is 0.321 e. The van der Waals surface area contributed by atoms with Crippen LogP contribution in [0.25, 0.3) is 0 Å². The minimum Gasteiger partial charge on any atom is -0.468 e. The summed E-state index contributed by atoms with van der Waals surface area (Å²) < 4.78 is 10.5. The minimum atomic E-state index is -1.30. The van der Waals surface area contributed by atoms with Crippen molar-refractivity contribution >= 4 is 30.2 Å². The fraction of sp³-hybridized carbons (Fsp3) is 0.562. The molecule has 1 aromatic carbocycles. The molecule has 22 heavy (non-hydrogen) atoms. The fourth-order valence-electron chi connectivity index (χ4n) is 2.07. The summed E-state index contributed by atoms with van der Waals surface area (Å²) >= 11 is 10.5. The lowest BCUT2D eigenvalue weighted by Crippen LogP contribution is -2.43. The van der Waals surface area contributed by atoms with Crippen molar-refractivity contribution in [3.05, 3.63) is 34.9 Å². The maximum absolute atomic E-state index is 11.8. The molecule has 1 N–H and O–H groups in total. The molecule has 0 fully saturated rings. The van der Waals surface area contributed by atoms with E-state index in [0.717, 1.165) is 5.56 Å². The fourth-order valence-corrected chi connectivity index (χ4v) is 2.55. The maximum Gasteiger partial charge on any atom is 0.321 e. The number of halogens is 1. The Balaban J connectivity index is 3.01. The summed E-state index contributed by atoms with van der Waals surface area (Å²) in [6, 6.07) is 7.31. The highest BCUT2D eigenvalue weighted by molar-refractivity contribution is 7.81. The highest BCUT2D eigenvalue weighted by Gasteiger charge is 2.34. The minimum absolute atomic E-state index is 0.352. The number of thiol groups is 1. The van der Waals surface area contributed by atoms with Gasteiger partial charge in [-0.1, -0.05) is 43.6 Å². The standard InChI is InChI=1S/C16H23ClO4S/c1-4-16(19,5-2)21-13(14(22)15(18)20-3)10-11-8-6-7-9-12(11)17/h6-9,13-14,19,22H,4-5,10H2,1-3H3. The Morgan fingerprint density at radius 2 is 1.95 bits per heavy atom. The average molecular weight is 347 g/mol. The first kappa shape index (κ1) is 19.3. The summed E-state index contributed by atoms with van der Waals surface area (Å²) in [6.45, 7) is 3.64. The summed E-state index contributed by atoms with van der Waals surface area (Å²) in [7, 11) is 1.30. The lowest BCUT2D eigenvalue weighted by atomic mass is 10.0. The Morgan fingerprint density at radius 1 is 1.36 bits per heavy atom. The molecule has 0 amide bonds. The molecule has 6 heteroatoms. The van der Waals surface area contributed by atoms with Crippen molar-refractivity contribution in [2.45, 2.75) is 50.3 Å². The van der Waals surface area contributed by atoms with Gasteiger partial charge in [0.1, 0.15) is 5.25 Å². The van der Waals surface area contributed by atoms with Crippen molar-refractivity contribution in [3.63, 3.8) is 0 Å². The lowest BCUT2D eigenvalue weighted by molar-refractivity contribution is -0.233. The molecule has 4 nitrogen and oxygen atoms in total. The highest BCUT2D eigenvalue weighted by atomic mass is 35.5. The van der Waals surface area contributed by atoms with E-state index in [-0.39, 0.29) is 0 Å². The Kier molecular flexibility index (Phi) is 7.69. The maximum atomic E-state index is 11.8. The molecule has 2 unspecified atom stereocenters. The normalized spacial score (nSPS) is 14.5. The molecule has 1 rings (SSSR count). The SMILES string of the molecule is CCC(O)(CC)OC(Cc1ccccc1Cl)C(S)C(=O)OC. The van der Waals surface area contributed by atoms with E-state index >= 15 is 0 Å². The van der Waals surface area contributed by atoms with Gasteiger partial charge in [-0.15, -0.1) is 0 Å². The number of aliphatic hydroxyl groups is 1. The summed E-state index contributed by atoms with van der Waals surface area (Å²) in [4.78, 5) is 11.8. The molecule has 0 aliphatic carbocycles. The third-order valence-electron chi connectivity index (χ3n) is 3.65. The zero-order valence-electron chi connectivity index (χ0n) is 13.1. The number of carbonyl (C=O) groups excluding carboxylic acids is 1. The number of methoxy groups -OCH3 is 1. The summed E-state index contributed by atoms with van der Waals surface area (Å²) in [5, 5.41) is 10.2. The quantitative estimate of drug-likeness (QED) is 0.431. The molecule has 1 aromatic rings. The van der Waals surface area contributed by atoms with E-state index in [1.54, 1.807) is 6.07 Å². The average Bonchev–Trinajstić information content (AvgIpc) is 2.54. The molecule has 0 bridgehead atoms. The van der Waals surface area contributed by atoms with E-state index in [4.69, 9.17) is 21.1 Å². The van der Waals surface area contributed by atoms with Gasteiger partial charge in [0.2, 0.25) is 0 Å². The Morgan fingerprint density at radius 3 is 2.45 bits per heavy atom. The van der Waals surface area contributed by atoms with Gasteiger partial charge in [0, 0.05) is 11.4 Å². The van der Waals surface area contributed by atoms with Crippen LogP contribution < -0.4 is 0 Å². The van der Waals surface area contributed by atoms with Crippen LogP contribution in [0.15, 0.2) is 24.3 Å². The Bertz CT molecular complexity index is 491. The van der Waals surface area contributed by atoms with E-state index in [2.05, 4.69) is 12.6 Å². The lowest BCUT2D eigenvalue weighted by Gasteiger charge is -2.33. The molecule has 2 atom stereocenters. The van der Waals surface area contributed by atoms with Crippen LogP contribution in [0.2, 0.25) is 5.02 Å². The number of benzene rings is 1. The van der Waals surface area contributed by atoms with Gasteiger partial charge < -0.3 is 14.6 Å². The van der Waals surface area contributed by atoms with Crippen molar-refractivity contribution < 1.29 is 19.4 Å². The Labute approximate surface area is 142 Å². The molecule has 0 heterocycles. The first-order chi connectivity index (χ1) is 10.4. The monoisotopic (exact) mass is 346 g/mol. The first-order valence-electron chi connectivity index (χ1n) is 7.26. The number of carbonyl (C=O) groups is 1. The molecule has 124 valence electrons. The van der Waals surface area contributed by atoms with Gasteiger partial charge in [-0.2, -0.15) is 12.6 Å². The van der Waals surface area contributed by atoms with Crippen LogP contribution >= 0.6 is 24.2 Å². The van der Waals surface area contributed by atoms with Crippen LogP contribution in [0.1, 0.15) is 32.3 Å². The van der Waals surface area contributed by atoms with Crippen molar-refractivity contribution in [2.24, 2.45) is 0 Å². The van der Waals surface area contributed by atoms with Crippen molar-refractivity contribution in [1.29, 1.82) is 0 Å². The zero-order valence-corrected chi connectivity index (χ0v) is 14.7. The van der Waals surface area contributed by atoms with Crippen LogP contribution in [0.4, 0.5) is 0 Å². The van der Waals surface area contributed by atoms with Crippen LogP contribution in [0, 0.1) is 0 Å². The molecular weight excluding hydrogens is 324 g/mol. The van der Waals surface area contributed by atoms with Gasteiger partial charge in [-0.25, -0.2) is 0 Å². The van der Waals surface area contributed by atoms with Crippen LogP contribution in [-0.4, -0.2) is 35.3 Å². The van der Waals surface area contributed by atoms with Crippen LogP contribution in [0.3, 0.4) is 0 Å². The van der Waals surface area contributed by atoms with Gasteiger partial charge in [-0.3, -0.25) is 4.79 Å². The van der Waals surface area contributed by atoms with Crippen molar-refractivity contribution in [2.75, 3.05) is 7.11 Å². The van der Waals surface area contributed by atoms with Gasteiger partial charge in [0.15, 0.2) is 5.79 Å². The molecule has 0 radical (unpaired) electrons. The molecule has 0 spiro atoms. The predicted octanol–water partition coefficient (Wildman–Crippen LogP) is 3.25.